The summed E-state index contributed by atoms with van der Waals surface area (Å²) < 4.78 is 5.66. The molecule has 0 aliphatic heterocycles. The Morgan fingerprint density at radius 2 is 2.26 bits per heavy atom. The average molecular weight is 266 g/mol. The third-order valence-electron chi connectivity index (χ3n) is 3.05. The number of anilines is 1. The lowest BCUT2D eigenvalue weighted by molar-refractivity contribution is -0.386. The molecule has 0 radical (unpaired) electrons. The van der Waals surface area contributed by atoms with Crippen molar-refractivity contribution in [2.24, 2.45) is 0 Å². The van der Waals surface area contributed by atoms with Gasteiger partial charge in [0.15, 0.2) is 0 Å². The lowest BCUT2D eigenvalue weighted by atomic mass is 10.3. The van der Waals surface area contributed by atoms with Gasteiger partial charge in [0.1, 0.15) is 12.3 Å². The van der Waals surface area contributed by atoms with Crippen LogP contribution in [0, 0.1) is 10.1 Å². The predicted molar refractivity (Wildman–Crippen MR) is 70.4 cm³/mol. The van der Waals surface area contributed by atoms with Gasteiger partial charge in [-0.25, -0.2) is 4.98 Å². The van der Waals surface area contributed by atoms with Crippen LogP contribution in [0.2, 0.25) is 0 Å². The van der Waals surface area contributed by atoms with Crippen molar-refractivity contribution < 1.29 is 9.66 Å². The number of nitrogens with zero attached hydrogens (tertiary/aromatic N) is 3. The van der Waals surface area contributed by atoms with Crippen LogP contribution in [0.15, 0.2) is 6.20 Å². The first-order valence-electron chi connectivity index (χ1n) is 6.62. The molecule has 1 fully saturated rings. The van der Waals surface area contributed by atoms with E-state index in [9.17, 15) is 10.1 Å². The van der Waals surface area contributed by atoms with E-state index in [-0.39, 0.29) is 17.7 Å². The zero-order chi connectivity index (χ0) is 13.7. The first-order chi connectivity index (χ1) is 9.20. The van der Waals surface area contributed by atoms with Crippen molar-refractivity contribution in [3.8, 4) is 5.88 Å². The SMILES string of the molecule is CCCNc1ncc([N+](=O)[O-])c(OC2CCCC2)n1. The molecule has 0 saturated heterocycles. The third kappa shape index (κ3) is 3.52. The molecule has 7 nitrogen and oxygen atoms in total. The molecule has 1 N–H and O–H groups in total. The van der Waals surface area contributed by atoms with Gasteiger partial charge in [0.25, 0.3) is 5.88 Å². The Balaban J connectivity index is 2.17. The summed E-state index contributed by atoms with van der Waals surface area (Å²) in [7, 11) is 0. The quantitative estimate of drug-likeness (QED) is 0.628. The summed E-state index contributed by atoms with van der Waals surface area (Å²) in [6.07, 6.45) is 6.23. The molecular weight excluding hydrogens is 248 g/mol. The maximum Gasteiger partial charge on any atom is 0.349 e. The summed E-state index contributed by atoms with van der Waals surface area (Å²) in [6, 6.07) is 0. The molecule has 0 bridgehead atoms. The van der Waals surface area contributed by atoms with Crippen LogP contribution in [0.4, 0.5) is 11.6 Å². The van der Waals surface area contributed by atoms with Gasteiger partial charge < -0.3 is 10.1 Å². The lowest BCUT2D eigenvalue weighted by Crippen LogP contribution is -2.14. The molecule has 0 amide bonds. The number of aromatic nitrogens is 2. The topological polar surface area (TPSA) is 90.2 Å². The highest BCUT2D eigenvalue weighted by Gasteiger charge is 2.24. The van der Waals surface area contributed by atoms with Crippen LogP contribution in [0.25, 0.3) is 0 Å². The van der Waals surface area contributed by atoms with Crippen LogP contribution >= 0.6 is 0 Å². The van der Waals surface area contributed by atoms with E-state index < -0.39 is 4.92 Å². The lowest BCUT2D eigenvalue weighted by Gasteiger charge is -2.12. The summed E-state index contributed by atoms with van der Waals surface area (Å²) in [5.74, 6) is 0.450. The van der Waals surface area contributed by atoms with E-state index in [1.54, 1.807) is 0 Å². The van der Waals surface area contributed by atoms with E-state index in [1.807, 2.05) is 6.92 Å². The molecular formula is C12H18N4O3. The van der Waals surface area contributed by atoms with Crippen molar-refractivity contribution >= 4 is 11.6 Å². The van der Waals surface area contributed by atoms with Gasteiger partial charge >= 0.3 is 5.69 Å². The van der Waals surface area contributed by atoms with E-state index in [1.165, 1.54) is 6.20 Å². The maximum atomic E-state index is 10.9. The van der Waals surface area contributed by atoms with E-state index in [4.69, 9.17) is 4.74 Å². The second kappa shape index (κ2) is 6.31. The van der Waals surface area contributed by atoms with Crippen molar-refractivity contribution in [1.82, 2.24) is 9.97 Å². The van der Waals surface area contributed by atoms with Crippen LogP contribution in [0.1, 0.15) is 39.0 Å². The minimum absolute atomic E-state index is 0.0348. The zero-order valence-electron chi connectivity index (χ0n) is 11.0. The molecule has 7 heteroatoms. The van der Waals surface area contributed by atoms with Crippen molar-refractivity contribution in [3.63, 3.8) is 0 Å². The van der Waals surface area contributed by atoms with E-state index in [0.29, 0.717) is 5.95 Å². The number of rotatable bonds is 6. The second-order valence-corrected chi connectivity index (χ2v) is 4.59. The van der Waals surface area contributed by atoms with E-state index in [2.05, 4.69) is 15.3 Å². The highest BCUT2D eigenvalue weighted by molar-refractivity contribution is 5.43. The van der Waals surface area contributed by atoms with E-state index >= 15 is 0 Å². The molecule has 0 aromatic carbocycles. The van der Waals surface area contributed by atoms with Gasteiger partial charge in [0.05, 0.1) is 4.92 Å². The largest absolute Gasteiger partial charge is 0.469 e. The Morgan fingerprint density at radius 1 is 1.53 bits per heavy atom. The minimum Gasteiger partial charge on any atom is -0.469 e. The highest BCUT2D eigenvalue weighted by atomic mass is 16.6. The molecule has 0 unspecified atom stereocenters. The summed E-state index contributed by atoms with van der Waals surface area (Å²) >= 11 is 0. The molecule has 1 aliphatic rings. The van der Waals surface area contributed by atoms with Gasteiger partial charge in [-0.05, 0) is 32.1 Å². The number of hydrogen-bond donors (Lipinski definition) is 1. The summed E-state index contributed by atoms with van der Waals surface area (Å²) in [5, 5.41) is 13.9. The number of hydrogen-bond acceptors (Lipinski definition) is 6. The summed E-state index contributed by atoms with van der Waals surface area (Å²) in [5.41, 5.74) is -0.172. The average Bonchev–Trinajstić information content (AvgIpc) is 2.89. The van der Waals surface area contributed by atoms with E-state index in [0.717, 1.165) is 38.6 Å². The van der Waals surface area contributed by atoms with Gasteiger partial charge in [0.2, 0.25) is 5.95 Å². The number of nitro groups is 1. The second-order valence-electron chi connectivity index (χ2n) is 4.59. The zero-order valence-corrected chi connectivity index (χ0v) is 11.0. The Labute approximate surface area is 111 Å². The van der Waals surface area contributed by atoms with Gasteiger partial charge in [-0.1, -0.05) is 6.92 Å². The standard InChI is InChI=1S/C12H18N4O3/c1-2-7-13-12-14-8-10(16(17)18)11(15-12)19-9-5-3-4-6-9/h8-9H,2-7H2,1H3,(H,13,14,15). The Bertz CT molecular complexity index is 447. The summed E-state index contributed by atoms with van der Waals surface area (Å²) in [6.45, 7) is 2.75. The number of nitrogens with one attached hydrogen (secondary N) is 1. The molecule has 1 aliphatic carbocycles. The van der Waals surface area contributed by atoms with Crippen molar-refractivity contribution in [1.29, 1.82) is 0 Å². The van der Waals surface area contributed by atoms with Crippen LogP contribution in [0.5, 0.6) is 5.88 Å². The van der Waals surface area contributed by atoms with Gasteiger partial charge in [0, 0.05) is 6.54 Å². The fraction of sp³-hybridized carbons (Fsp3) is 0.667. The van der Waals surface area contributed by atoms with Crippen molar-refractivity contribution in [2.45, 2.75) is 45.1 Å². The minimum atomic E-state index is -0.506. The molecule has 19 heavy (non-hydrogen) atoms. The van der Waals surface area contributed by atoms with Crippen LogP contribution < -0.4 is 10.1 Å². The molecule has 1 aromatic rings. The van der Waals surface area contributed by atoms with Crippen molar-refractivity contribution in [2.75, 3.05) is 11.9 Å². The van der Waals surface area contributed by atoms with Gasteiger partial charge in [-0.2, -0.15) is 4.98 Å². The Kier molecular flexibility index (Phi) is 4.48. The van der Waals surface area contributed by atoms with Crippen molar-refractivity contribution in [3.05, 3.63) is 16.3 Å². The molecule has 104 valence electrons. The van der Waals surface area contributed by atoms with Gasteiger partial charge in [-0.3, -0.25) is 10.1 Å². The first-order valence-corrected chi connectivity index (χ1v) is 6.62. The molecule has 1 saturated carbocycles. The number of ether oxygens (including phenoxy) is 1. The van der Waals surface area contributed by atoms with Gasteiger partial charge in [-0.15, -0.1) is 0 Å². The monoisotopic (exact) mass is 266 g/mol. The fourth-order valence-corrected chi connectivity index (χ4v) is 2.06. The molecule has 1 heterocycles. The normalized spacial score (nSPS) is 15.4. The smallest absolute Gasteiger partial charge is 0.349 e. The molecule has 2 rings (SSSR count). The molecule has 0 atom stereocenters. The maximum absolute atomic E-state index is 10.9. The fourth-order valence-electron chi connectivity index (χ4n) is 2.06. The first kappa shape index (κ1) is 13.5. The molecule has 0 spiro atoms. The Morgan fingerprint density at radius 3 is 2.89 bits per heavy atom. The highest BCUT2D eigenvalue weighted by Crippen LogP contribution is 2.29. The molecule has 1 aromatic heterocycles. The Hall–Kier alpha value is -1.92. The van der Waals surface area contributed by atoms with Crippen LogP contribution in [0.3, 0.4) is 0 Å². The predicted octanol–water partition coefficient (Wildman–Crippen LogP) is 2.53. The third-order valence-corrected chi connectivity index (χ3v) is 3.05. The van der Waals surface area contributed by atoms with Crippen LogP contribution in [-0.4, -0.2) is 27.5 Å². The summed E-state index contributed by atoms with van der Waals surface area (Å²) in [4.78, 5) is 18.5. The van der Waals surface area contributed by atoms with Crippen LogP contribution in [-0.2, 0) is 0 Å².